The molecule has 0 bridgehead atoms. The number of rotatable bonds is 6. The molecule has 1 atom stereocenters. The van der Waals surface area contributed by atoms with Gasteiger partial charge in [0.05, 0.1) is 29.8 Å². The summed E-state index contributed by atoms with van der Waals surface area (Å²) < 4.78 is 6.65. The molecule has 0 unspecified atom stereocenters. The zero-order valence-corrected chi connectivity index (χ0v) is 16.4. The number of methoxy groups -OCH3 is 1. The van der Waals surface area contributed by atoms with Gasteiger partial charge in [0, 0.05) is 18.2 Å². The number of nitrogens with zero attached hydrogens (tertiary/aromatic N) is 3. The Balaban J connectivity index is 2.09. The molecular weight excluding hydrogens is 381 g/mol. The number of hydrogen-bond donors (Lipinski definition) is 2. The smallest absolute Gasteiger partial charge is 0.187 e. The van der Waals surface area contributed by atoms with E-state index in [2.05, 4.69) is 20.9 Å². The molecule has 2 rings (SSSR count). The predicted octanol–water partition coefficient (Wildman–Crippen LogP) is 3.32. The fourth-order valence-electron chi connectivity index (χ4n) is 2.14. The first-order valence-electron chi connectivity index (χ1n) is 7.52. The van der Waals surface area contributed by atoms with Gasteiger partial charge >= 0.3 is 0 Å². The summed E-state index contributed by atoms with van der Waals surface area (Å²) >= 11 is 17.6. The minimum absolute atomic E-state index is 0.0797. The second-order valence-corrected chi connectivity index (χ2v) is 6.58. The number of aryl methyl sites for hydroxylation is 1. The van der Waals surface area contributed by atoms with Crippen molar-refractivity contribution in [3.63, 3.8) is 0 Å². The fourth-order valence-corrected chi connectivity index (χ4v) is 2.90. The van der Waals surface area contributed by atoms with E-state index < -0.39 is 0 Å². The Morgan fingerprint density at radius 3 is 2.92 bits per heavy atom. The average molecular weight is 400 g/mol. The molecule has 1 heterocycles. The van der Waals surface area contributed by atoms with Crippen molar-refractivity contribution in [3.05, 3.63) is 45.7 Å². The number of hydrogen-bond acceptors (Lipinski definition) is 4. The molecule has 0 spiro atoms. The topological polar surface area (TPSA) is 63.5 Å². The largest absolute Gasteiger partial charge is 0.383 e. The number of aromatic nitrogens is 2. The highest BCUT2D eigenvalue weighted by Gasteiger charge is 2.13. The van der Waals surface area contributed by atoms with E-state index in [1.807, 2.05) is 26.0 Å². The summed E-state index contributed by atoms with van der Waals surface area (Å²) in [5.74, 6) is 0. The molecule has 0 aliphatic rings. The van der Waals surface area contributed by atoms with E-state index in [-0.39, 0.29) is 6.04 Å². The van der Waals surface area contributed by atoms with Crippen LogP contribution in [0.4, 0.5) is 0 Å². The van der Waals surface area contributed by atoms with Gasteiger partial charge in [0.1, 0.15) is 5.15 Å². The van der Waals surface area contributed by atoms with Gasteiger partial charge in [-0.15, -0.1) is 0 Å². The van der Waals surface area contributed by atoms with E-state index in [9.17, 15) is 0 Å². The number of halogens is 2. The number of thiocarbonyl (C=S) groups is 1. The highest BCUT2D eigenvalue weighted by Crippen LogP contribution is 2.23. The maximum absolute atomic E-state index is 6.43. The van der Waals surface area contributed by atoms with Gasteiger partial charge in [0.25, 0.3) is 0 Å². The Kier molecular flexibility index (Phi) is 7.19. The third-order valence-corrected chi connectivity index (χ3v) is 4.06. The van der Waals surface area contributed by atoms with Crippen LogP contribution in [0.3, 0.4) is 0 Å². The van der Waals surface area contributed by atoms with Gasteiger partial charge in [-0.05, 0) is 44.3 Å². The van der Waals surface area contributed by atoms with Crippen molar-refractivity contribution in [2.75, 3.05) is 13.7 Å². The summed E-state index contributed by atoms with van der Waals surface area (Å²) in [6.45, 7) is 4.35. The molecule has 25 heavy (non-hydrogen) atoms. The quantitative estimate of drug-likeness (QED) is 0.443. The lowest BCUT2D eigenvalue weighted by atomic mass is 10.3. The Morgan fingerprint density at radius 1 is 1.48 bits per heavy atom. The van der Waals surface area contributed by atoms with Crippen LogP contribution in [0.25, 0.3) is 5.69 Å². The number of ether oxygens (including phenoxy) is 1. The fraction of sp³-hybridized carbons (Fsp3) is 0.312. The third kappa shape index (κ3) is 5.40. The van der Waals surface area contributed by atoms with Gasteiger partial charge in [0.2, 0.25) is 0 Å². The molecule has 0 saturated carbocycles. The van der Waals surface area contributed by atoms with E-state index in [0.29, 0.717) is 27.5 Å². The summed E-state index contributed by atoms with van der Waals surface area (Å²) in [4.78, 5) is 0. The highest BCUT2D eigenvalue weighted by molar-refractivity contribution is 7.80. The molecule has 0 fully saturated rings. The van der Waals surface area contributed by atoms with E-state index in [0.717, 1.165) is 11.4 Å². The second-order valence-electron chi connectivity index (χ2n) is 5.38. The molecule has 2 aromatic rings. The molecular formula is C16H19Cl2N5OS. The Labute approximate surface area is 162 Å². The summed E-state index contributed by atoms with van der Waals surface area (Å²) in [6, 6.07) is 7.37. The monoisotopic (exact) mass is 399 g/mol. The molecule has 2 N–H and O–H groups in total. The molecule has 1 aromatic heterocycles. The van der Waals surface area contributed by atoms with Crippen LogP contribution in [0.15, 0.2) is 29.4 Å². The first-order chi connectivity index (χ1) is 11.9. The zero-order chi connectivity index (χ0) is 18.4. The van der Waals surface area contributed by atoms with Crippen molar-refractivity contribution in [1.29, 1.82) is 0 Å². The molecule has 134 valence electrons. The zero-order valence-electron chi connectivity index (χ0n) is 14.1. The lowest BCUT2D eigenvalue weighted by Crippen LogP contribution is -2.40. The molecule has 1 aromatic carbocycles. The maximum atomic E-state index is 6.43. The van der Waals surface area contributed by atoms with E-state index >= 15 is 0 Å². The predicted molar refractivity (Wildman–Crippen MR) is 106 cm³/mol. The molecule has 0 aliphatic carbocycles. The van der Waals surface area contributed by atoms with Crippen molar-refractivity contribution in [1.82, 2.24) is 20.5 Å². The van der Waals surface area contributed by atoms with Crippen molar-refractivity contribution in [2.45, 2.75) is 19.9 Å². The second kappa shape index (κ2) is 9.15. The van der Waals surface area contributed by atoms with E-state index in [4.69, 9.17) is 40.2 Å². The van der Waals surface area contributed by atoms with Crippen LogP contribution in [0.1, 0.15) is 18.2 Å². The summed E-state index contributed by atoms with van der Waals surface area (Å²) in [5.41, 5.74) is 4.96. The third-order valence-electron chi connectivity index (χ3n) is 3.25. The van der Waals surface area contributed by atoms with Crippen LogP contribution >= 0.6 is 35.4 Å². The number of benzene rings is 1. The lowest BCUT2D eigenvalue weighted by Gasteiger charge is -2.13. The van der Waals surface area contributed by atoms with Crippen molar-refractivity contribution in [3.8, 4) is 5.69 Å². The van der Waals surface area contributed by atoms with Gasteiger partial charge < -0.3 is 10.1 Å². The number of hydrazone groups is 1. The Bertz CT molecular complexity index is 778. The van der Waals surface area contributed by atoms with Gasteiger partial charge in [0.15, 0.2) is 5.11 Å². The lowest BCUT2D eigenvalue weighted by molar-refractivity contribution is 0.179. The Morgan fingerprint density at radius 2 is 2.24 bits per heavy atom. The van der Waals surface area contributed by atoms with Crippen molar-refractivity contribution >= 4 is 46.7 Å². The first-order valence-corrected chi connectivity index (χ1v) is 8.68. The van der Waals surface area contributed by atoms with Crippen molar-refractivity contribution in [2.24, 2.45) is 5.10 Å². The van der Waals surface area contributed by atoms with Crippen LogP contribution in [0.2, 0.25) is 10.2 Å². The van der Waals surface area contributed by atoms with Crippen LogP contribution in [0, 0.1) is 6.92 Å². The van der Waals surface area contributed by atoms with Gasteiger partial charge in [-0.2, -0.15) is 10.2 Å². The molecule has 0 saturated heterocycles. The van der Waals surface area contributed by atoms with Crippen LogP contribution in [-0.4, -0.2) is 40.9 Å². The van der Waals surface area contributed by atoms with Crippen LogP contribution in [-0.2, 0) is 4.74 Å². The number of nitrogens with one attached hydrogen (secondary N) is 2. The van der Waals surface area contributed by atoms with Crippen LogP contribution in [0.5, 0.6) is 0 Å². The minimum atomic E-state index is 0.0797. The minimum Gasteiger partial charge on any atom is -0.383 e. The van der Waals surface area contributed by atoms with Crippen LogP contribution < -0.4 is 10.7 Å². The average Bonchev–Trinajstić information content (AvgIpc) is 2.83. The van der Waals surface area contributed by atoms with E-state index in [1.165, 1.54) is 0 Å². The van der Waals surface area contributed by atoms with Gasteiger partial charge in [-0.25, -0.2) is 4.68 Å². The normalized spacial score (nSPS) is 12.4. The summed E-state index contributed by atoms with van der Waals surface area (Å²) in [6.07, 6.45) is 1.58. The van der Waals surface area contributed by atoms with Crippen molar-refractivity contribution < 1.29 is 4.74 Å². The molecule has 6 nitrogen and oxygen atoms in total. The highest BCUT2D eigenvalue weighted by atomic mass is 35.5. The maximum Gasteiger partial charge on any atom is 0.187 e. The standard InChI is InChI=1S/C16H19Cl2N5OS/c1-10(9-24-3)20-16(25)21-19-8-14-11(2)22-23(15(14)18)13-6-4-5-12(17)7-13/h4-8,10H,9H2,1-3H3,(H2,20,21,25)/b19-8-/t10-/m1/s1. The SMILES string of the molecule is COC[C@@H](C)NC(=S)N/N=C\c1c(C)nn(-c2cccc(Cl)c2)c1Cl. The Hall–Kier alpha value is -1.67. The van der Waals surface area contributed by atoms with Gasteiger partial charge in [-0.3, -0.25) is 5.43 Å². The molecule has 9 heteroatoms. The molecule has 0 aliphatic heterocycles. The summed E-state index contributed by atoms with van der Waals surface area (Å²) in [7, 11) is 1.63. The molecule has 0 radical (unpaired) electrons. The van der Waals surface area contributed by atoms with Gasteiger partial charge in [-0.1, -0.05) is 29.3 Å². The van der Waals surface area contributed by atoms with E-state index in [1.54, 1.807) is 30.1 Å². The summed E-state index contributed by atoms with van der Waals surface area (Å²) in [5, 5.41) is 13.1. The molecule has 0 amide bonds. The first kappa shape index (κ1) is 19.7.